The van der Waals surface area contributed by atoms with Crippen LogP contribution in [0.3, 0.4) is 0 Å². The number of aliphatic imine (C=N–C) groups is 1. The van der Waals surface area contributed by atoms with Gasteiger partial charge in [0.1, 0.15) is 12.6 Å². The molecule has 1 amide bonds. The molecule has 0 bridgehead atoms. The quantitative estimate of drug-likeness (QED) is 0.342. The number of thiophene rings is 1. The zero-order valence-electron chi connectivity index (χ0n) is 20.6. The van der Waals surface area contributed by atoms with E-state index in [1.807, 2.05) is 34.1 Å². The van der Waals surface area contributed by atoms with Gasteiger partial charge in [-0.05, 0) is 25.0 Å². The van der Waals surface area contributed by atoms with Gasteiger partial charge in [-0.25, -0.2) is 9.67 Å². The van der Waals surface area contributed by atoms with Crippen molar-refractivity contribution in [3.63, 3.8) is 0 Å². The molecule has 0 aliphatic carbocycles. The van der Waals surface area contributed by atoms with Crippen molar-refractivity contribution in [1.29, 1.82) is 0 Å². The van der Waals surface area contributed by atoms with Crippen molar-refractivity contribution >= 4 is 42.9 Å². The van der Waals surface area contributed by atoms with Crippen LogP contribution < -0.4 is 5.73 Å². The Kier molecular flexibility index (Phi) is 8.67. The normalized spacial score (nSPS) is 13.8. The number of carbonyl (C=O) groups is 1. The van der Waals surface area contributed by atoms with Crippen molar-refractivity contribution < 1.29 is 9.53 Å². The van der Waals surface area contributed by atoms with Gasteiger partial charge in [0.2, 0.25) is 5.91 Å². The Morgan fingerprint density at radius 2 is 2.00 bits per heavy atom. The number of nitrogens with zero attached hydrogens (tertiary/aromatic N) is 4. The third-order valence-electron chi connectivity index (χ3n) is 5.37. The van der Waals surface area contributed by atoms with Crippen LogP contribution >= 0.6 is 11.3 Å². The fourth-order valence-electron chi connectivity index (χ4n) is 3.62. The molecule has 0 aromatic carbocycles. The van der Waals surface area contributed by atoms with Gasteiger partial charge in [-0.2, -0.15) is 24.7 Å². The van der Waals surface area contributed by atoms with Gasteiger partial charge in [0.25, 0.3) is 0 Å². The number of carbonyl (C=O) groups excluding carboxylic acids is 1. The molecule has 0 saturated heterocycles. The largest absolute Gasteiger partial charge is 0.387 e. The molecule has 3 heterocycles. The summed E-state index contributed by atoms with van der Waals surface area (Å²) in [6.07, 6.45) is 8.06. The summed E-state index contributed by atoms with van der Waals surface area (Å²) in [7, 11) is -1.10. The van der Waals surface area contributed by atoms with E-state index in [0.717, 1.165) is 59.6 Å². The minimum Gasteiger partial charge on any atom is -0.387 e. The summed E-state index contributed by atoms with van der Waals surface area (Å²) in [4.78, 5) is 21.7. The zero-order valence-corrected chi connectivity index (χ0v) is 22.4. The summed E-state index contributed by atoms with van der Waals surface area (Å²) in [5, 5.41) is 4.45. The number of rotatable bonds is 11. The molecule has 0 atom stereocenters. The molecule has 9 heteroatoms. The Morgan fingerprint density at radius 3 is 2.67 bits per heavy atom. The Bertz CT molecular complexity index is 1010. The first-order valence-electron chi connectivity index (χ1n) is 11.8. The summed E-state index contributed by atoms with van der Waals surface area (Å²) in [6.45, 7) is 13.9. The number of hydrogen-bond acceptors (Lipinski definition) is 6. The summed E-state index contributed by atoms with van der Waals surface area (Å²) in [6, 6.07) is 3.17. The number of amidine groups is 1. The van der Waals surface area contributed by atoms with Gasteiger partial charge in [-0.1, -0.05) is 13.8 Å². The third-order valence-corrected chi connectivity index (χ3v) is 8.19. The van der Waals surface area contributed by atoms with Gasteiger partial charge in [-0.3, -0.25) is 4.79 Å². The topological polar surface area (TPSA) is 85.7 Å². The third kappa shape index (κ3) is 7.12. The maximum absolute atomic E-state index is 13.2. The minimum atomic E-state index is -1.10. The van der Waals surface area contributed by atoms with Gasteiger partial charge < -0.3 is 15.4 Å². The highest BCUT2D eigenvalue weighted by molar-refractivity contribution is 7.17. The van der Waals surface area contributed by atoms with Crippen LogP contribution in [0.15, 0.2) is 29.0 Å². The Hall–Kier alpha value is -2.23. The van der Waals surface area contributed by atoms with E-state index in [9.17, 15) is 4.79 Å². The van der Waals surface area contributed by atoms with Gasteiger partial charge in [0.15, 0.2) is 0 Å². The first kappa shape index (κ1) is 25.4. The molecule has 0 unspecified atom stereocenters. The standard InChI is InChI=1S/C24H37N5O2SSi/c1-6-8-28(9-7-2)24(30)18-12-22-20(27-23(25)13-18)14-21(32-22)19-15-26-29(16-19)17-31-10-11-33(3,4)5/h12,14-16H,6-11,13,17H2,1-5H3,(H2,25,27)/q-1. The average molecular weight is 488 g/mol. The molecule has 0 saturated carbocycles. The molecular weight excluding hydrogens is 450 g/mol. The summed E-state index contributed by atoms with van der Waals surface area (Å²) < 4.78 is 7.63. The molecule has 181 valence electrons. The van der Waals surface area contributed by atoms with Crippen LogP contribution in [-0.4, -0.2) is 54.2 Å². The monoisotopic (exact) mass is 487 g/mol. The maximum atomic E-state index is 13.2. The summed E-state index contributed by atoms with van der Waals surface area (Å²) >= 11 is 1.61. The second-order valence-corrected chi connectivity index (χ2v) is 16.4. The number of hydrogen-bond donors (Lipinski definition) is 1. The van der Waals surface area contributed by atoms with E-state index < -0.39 is 8.07 Å². The highest BCUT2D eigenvalue weighted by Gasteiger charge is 2.22. The van der Waals surface area contributed by atoms with Crippen LogP contribution in [0.2, 0.25) is 25.7 Å². The second-order valence-electron chi connectivity index (χ2n) is 9.72. The lowest BCUT2D eigenvalue weighted by atomic mass is 10.1. The maximum Gasteiger partial charge on any atom is 0.250 e. The van der Waals surface area contributed by atoms with Crippen LogP contribution in [0.25, 0.3) is 16.5 Å². The van der Waals surface area contributed by atoms with Crippen molar-refractivity contribution in [1.82, 2.24) is 14.7 Å². The fourth-order valence-corrected chi connectivity index (χ4v) is 5.42. The second kappa shape index (κ2) is 11.3. The minimum absolute atomic E-state index is 0.0583. The van der Waals surface area contributed by atoms with Crippen molar-refractivity contribution in [3.8, 4) is 10.4 Å². The highest BCUT2D eigenvalue weighted by Crippen LogP contribution is 2.39. The number of fused-ring (bicyclic) bond motifs is 1. The molecule has 1 aliphatic rings. The van der Waals surface area contributed by atoms with E-state index in [0.29, 0.717) is 24.6 Å². The molecule has 0 fully saturated rings. The lowest BCUT2D eigenvalue weighted by molar-refractivity contribution is -0.127. The van der Waals surface area contributed by atoms with Crippen molar-refractivity contribution in [2.24, 2.45) is 10.7 Å². The lowest BCUT2D eigenvalue weighted by Gasteiger charge is -2.26. The van der Waals surface area contributed by atoms with Crippen LogP contribution in [0, 0.1) is 0 Å². The van der Waals surface area contributed by atoms with E-state index in [2.05, 4.69) is 43.6 Å². The van der Waals surface area contributed by atoms with Crippen LogP contribution in [-0.2, 0) is 16.3 Å². The number of nitrogens with two attached hydrogens (primary N) is 1. The molecule has 1 aliphatic heterocycles. The van der Waals surface area contributed by atoms with Crippen molar-refractivity contribution in [3.05, 3.63) is 28.9 Å². The molecule has 2 N–H and O–H groups in total. The zero-order chi connectivity index (χ0) is 24.0. The van der Waals surface area contributed by atoms with Gasteiger partial charge >= 0.3 is 0 Å². The first-order chi connectivity index (χ1) is 15.7. The number of aromatic nitrogens is 2. The SMILES string of the molecule is CCCN(CCC)C(=O)C1=Cc2sc(-c3cnn(COCC[Si-](C)(C)C)c3)cc2N=C(N)C1. The molecule has 2 aromatic rings. The smallest absolute Gasteiger partial charge is 0.250 e. The fraction of sp³-hybridized carbons (Fsp3) is 0.542. The number of amides is 1. The molecular formula is C24H37N5O2SSi-. The van der Waals surface area contributed by atoms with Crippen LogP contribution in [0.4, 0.5) is 5.69 Å². The molecule has 0 radical (unpaired) electrons. The molecule has 0 spiro atoms. The highest BCUT2D eigenvalue weighted by atomic mass is 32.1. The molecule has 2 aromatic heterocycles. The van der Waals surface area contributed by atoms with E-state index in [-0.39, 0.29) is 5.91 Å². The van der Waals surface area contributed by atoms with Gasteiger partial charge in [-0.15, -0.1) is 25.5 Å². The van der Waals surface area contributed by atoms with E-state index in [1.54, 1.807) is 11.3 Å². The first-order valence-corrected chi connectivity index (χ1v) is 16.3. The molecule has 7 nitrogen and oxygen atoms in total. The van der Waals surface area contributed by atoms with Crippen molar-refractivity contribution in [2.45, 2.75) is 65.5 Å². The summed E-state index contributed by atoms with van der Waals surface area (Å²) in [5.74, 6) is 0.528. The van der Waals surface area contributed by atoms with E-state index in [4.69, 9.17) is 10.5 Å². The summed E-state index contributed by atoms with van der Waals surface area (Å²) in [5.41, 5.74) is 8.72. The van der Waals surface area contributed by atoms with Gasteiger partial charge in [0, 0.05) is 48.3 Å². The Morgan fingerprint density at radius 1 is 1.27 bits per heavy atom. The Balaban J connectivity index is 1.76. The number of ether oxygens (including phenoxy) is 1. The predicted octanol–water partition coefficient (Wildman–Crippen LogP) is 5.35. The average Bonchev–Trinajstić information content (AvgIpc) is 3.33. The van der Waals surface area contributed by atoms with Crippen molar-refractivity contribution in [2.75, 3.05) is 19.7 Å². The molecule has 33 heavy (non-hydrogen) atoms. The molecule has 3 rings (SSSR count). The predicted molar refractivity (Wildman–Crippen MR) is 141 cm³/mol. The Labute approximate surface area is 202 Å². The van der Waals surface area contributed by atoms with E-state index in [1.165, 1.54) is 0 Å². The lowest BCUT2D eigenvalue weighted by Crippen LogP contribution is -2.34. The van der Waals surface area contributed by atoms with E-state index >= 15 is 0 Å². The van der Waals surface area contributed by atoms with Crippen LogP contribution in [0.5, 0.6) is 0 Å². The van der Waals surface area contributed by atoms with Gasteiger partial charge in [0.05, 0.1) is 16.8 Å². The van der Waals surface area contributed by atoms with Crippen LogP contribution in [0.1, 0.15) is 38.0 Å².